The van der Waals surface area contributed by atoms with Crippen molar-refractivity contribution in [1.82, 2.24) is 4.98 Å². The summed E-state index contributed by atoms with van der Waals surface area (Å²) in [6.45, 7) is 7.16. The molecule has 0 spiro atoms. The molecule has 1 aromatic heterocycles. The highest BCUT2D eigenvalue weighted by Crippen LogP contribution is 2.21. The Morgan fingerprint density at radius 3 is 2.53 bits per heavy atom. The van der Waals surface area contributed by atoms with Gasteiger partial charge in [0.25, 0.3) is 0 Å². The van der Waals surface area contributed by atoms with Crippen LogP contribution in [0.15, 0.2) is 36.5 Å². The van der Waals surface area contributed by atoms with Crippen molar-refractivity contribution in [1.29, 1.82) is 0 Å². The molecular formula is C16H19ClN2. The zero-order valence-electron chi connectivity index (χ0n) is 11.6. The van der Waals surface area contributed by atoms with Gasteiger partial charge in [0.15, 0.2) is 5.15 Å². The van der Waals surface area contributed by atoms with Crippen molar-refractivity contribution < 1.29 is 0 Å². The van der Waals surface area contributed by atoms with E-state index < -0.39 is 0 Å². The average molecular weight is 275 g/mol. The molecule has 1 heterocycles. The van der Waals surface area contributed by atoms with Gasteiger partial charge in [-0.2, -0.15) is 0 Å². The van der Waals surface area contributed by atoms with Gasteiger partial charge in [-0.25, -0.2) is 4.98 Å². The molecule has 0 saturated heterocycles. The molecule has 3 heteroatoms. The molecule has 1 N–H and O–H groups in total. The predicted molar refractivity (Wildman–Crippen MR) is 81.8 cm³/mol. The number of halogens is 1. The Hall–Kier alpha value is -1.54. The SMILES string of the molecule is Cc1cnc(Cl)c(NCc2ccc(C(C)C)cc2)c1. The van der Waals surface area contributed by atoms with E-state index in [0.29, 0.717) is 11.1 Å². The minimum atomic E-state index is 0.518. The second-order valence-electron chi connectivity index (χ2n) is 5.10. The Kier molecular flexibility index (Phi) is 4.43. The van der Waals surface area contributed by atoms with Crippen molar-refractivity contribution in [2.75, 3.05) is 5.32 Å². The van der Waals surface area contributed by atoms with E-state index in [-0.39, 0.29) is 0 Å². The largest absolute Gasteiger partial charge is 0.378 e. The summed E-state index contributed by atoms with van der Waals surface area (Å²) in [7, 11) is 0. The summed E-state index contributed by atoms with van der Waals surface area (Å²) in [6.07, 6.45) is 1.77. The van der Waals surface area contributed by atoms with Gasteiger partial charge in [0.2, 0.25) is 0 Å². The number of nitrogens with zero attached hydrogens (tertiary/aromatic N) is 1. The molecule has 0 bridgehead atoms. The summed E-state index contributed by atoms with van der Waals surface area (Å²) in [5.41, 5.74) is 4.58. The van der Waals surface area contributed by atoms with Crippen LogP contribution in [-0.4, -0.2) is 4.98 Å². The molecule has 1 aromatic carbocycles. The lowest BCUT2D eigenvalue weighted by atomic mass is 10.0. The molecule has 100 valence electrons. The van der Waals surface area contributed by atoms with E-state index in [1.807, 2.05) is 13.0 Å². The van der Waals surface area contributed by atoms with Gasteiger partial charge in [0.1, 0.15) is 0 Å². The first-order valence-electron chi connectivity index (χ1n) is 6.51. The second-order valence-corrected chi connectivity index (χ2v) is 5.46. The van der Waals surface area contributed by atoms with E-state index in [0.717, 1.165) is 17.8 Å². The highest BCUT2D eigenvalue weighted by Gasteiger charge is 2.02. The van der Waals surface area contributed by atoms with Gasteiger partial charge in [0, 0.05) is 12.7 Å². The van der Waals surface area contributed by atoms with Crippen LogP contribution in [0.3, 0.4) is 0 Å². The molecule has 0 aliphatic carbocycles. The summed E-state index contributed by atoms with van der Waals surface area (Å²) in [5, 5.41) is 3.84. The first kappa shape index (κ1) is 13.9. The predicted octanol–water partition coefficient (Wildman–Crippen LogP) is 4.78. The van der Waals surface area contributed by atoms with Crippen LogP contribution in [0.5, 0.6) is 0 Å². The van der Waals surface area contributed by atoms with Crippen LogP contribution < -0.4 is 5.32 Å². The number of nitrogens with one attached hydrogen (secondary N) is 1. The van der Waals surface area contributed by atoms with Gasteiger partial charge in [0.05, 0.1) is 5.69 Å². The quantitative estimate of drug-likeness (QED) is 0.812. The van der Waals surface area contributed by atoms with E-state index in [1.165, 1.54) is 11.1 Å². The summed E-state index contributed by atoms with van der Waals surface area (Å²) < 4.78 is 0. The normalized spacial score (nSPS) is 10.8. The topological polar surface area (TPSA) is 24.9 Å². The number of rotatable bonds is 4. The number of anilines is 1. The summed E-state index contributed by atoms with van der Waals surface area (Å²) in [6, 6.07) is 10.7. The fourth-order valence-electron chi connectivity index (χ4n) is 1.89. The van der Waals surface area contributed by atoms with Gasteiger partial charge in [-0.15, -0.1) is 0 Å². The van der Waals surface area contributed by atoms with Crippen LogP contribution in [0, 0.1) is 6.92 Å². The van der Waals surface area contributed by atoms with Gasteiger partial charge >= 0.3 is 0 Å². The van der Waals surface area contributed by atoms with Crippen molar-refractivity contribution >= 4 is 17.3 Å². The number of hydrogen-bond acceptors (Lipinski definition) is 2. The monoisotopic (exact) mass is 274 g/mol. The van der Waals surface area contributed by atoms with E-state index in [1.54, 1.807) is 6.20 Å². The smallest absolute Gasteiger partial charge is 0.152 e. The molecule has 0 saturated carbocycles. The number of aryl methyl sites for hydroxylation is 1. The van der Waals surface area contributed by atoms with Crippen molar-refractivity contribution in [3.8, 4) is 0 Å². The highest BCUT2D eigenvalue weighted by atomic mass is 35.5. The summed E-state index contributed by atoms with van der Waals surface area (Å²) in [4.78, 5) is 4.13. The first-order chi connectivity index (χ1) is 9.06. The van der Waals surface area contributed by atoms with Gasteiger partial charge in [-0.1, -0.05) is 49.7 Å². The lowest BCUT2D eigenvalue weighted by molar-refractivity contribution is 0.865. The van der Waals surface area contributed by atoms with Crippen molar-refractivity contribution in [2.45, 2.75) is 33.2 Å². The third-order valence-corrected chi connectivity index (χ3v) is 3.41. The Bertz CT molecular complexity index is 547. The van der Waals surface area contributed by atoms with Gasteiger partial charge in [-0.05, 0) is 35.6 Å². The third-order valence-electron chi connectivity index (χ3n) is 3.11. The van der Waals surface area contributed by atoms with Crippen LogP contribution in [0.4, 0.5) is 5.69 Å². The highest BCUT2D eigenvalue weighted by molar-refractivity contribution is 6.31. The number of pyridine rings is 1. The number of hydrogen-bond donors (Lipinski definition) is 1. The Balaban J connectivity index is 2.04. The molecule has 2 nitrogen and oxygen atoms in total. The Morgan fingerprint density at radius 1 is 1.21 bits per heavy atom. The molecule has 0 radical (unpaired) electrons. The minimum absolute atomic E-state index is 0.518. The average Bonchev–Trinajstić information content (AvgIpc) is 2.40. The lowest BCUT2D eigenvalue weighted by Crippen LogP contribution is -2.01. The van der Waals surface area contributed by atoms with Crippen molar-refractivity contribution in [3.63, 3.8) is 0 Å². The van der Waals surface area contributed by atoms with Gasteiger partial charge in [-0.3, -0.25) is 0 Å². The third kappa shape index (κ3) is 3.71. The first-order valence-corrected chi connectivity index (χ1v) is 6.89. The maximum absolute atomic E-state index is 6.06. The van der Waals surface area contributed by atoms with Crippen LogP contribution >= 0.6 is 11.6 Å². The van der Waals surface area contributed by atoms with Crippen LogP contribution in [0.2, 0.25) is 5.15 Å². The summed E-state index contributed by atoms with van der Waals surface area (Å²) in [5.74, 6) is 0.567. The molecule has 0 amide bonds. The molecular weight excluding hydrogens is 256 g/mol. The Labute approximate surface area is 119 Å². The fourth-order valence-corrected chi connectivity index (χ4v) is 2.06. The molecule has 0 unspecified atom stereocenters. The summed E-state index contributed by atoms with van der Waals surface area (Å²) >= 11 is 6.06. The van der Waals surface area contributed by atoms with E-state index in [2.05, 4.69) is 48.4 Å². The molecule has 2 rings (SSSR count). The second kappa shape index (κ2) is 6.07. The molecule has 0 aliphatic heterocycles. The Morgan fingerprint density at radius 2 is 1.89 bits per heavy atom. The number of benzene rings is 1. The lowest BCUT2D eigenvalue weighted by Gasteiger charge is -2.10. The fraction of sp³-hybridized carbons (Fsp3) is 0.312. The maximum atomic E-state index is 6.06. The molecule has 0 aliphatic rings. The minimum Gasteiger partial charge on any atom is -0.378 e. The molecule has 0 atom stereocenters. The zero-order chi connectivity index (χ0) is 13.8. The van der Waals surface area contributed by atoms with E-state index in [4.69, 9.17) is 11.6 Å². The van der Waals surface area contributed by atoms with Gasteiger partial charge < -0.3 is 5.32 Å². The van der Waals surface area contributed by atoms with Crippen molar-refractivity contribution in [2.24, 2.45) is 0 Å². The van der Waals surface area contributed by atoms with E-state index >= 15 is 0 Å². The molecule has 19 heavy (non-hydrogen) atoms. The maximum Gasteiger partial charge on any atom is 0.152 e. The van der Waals surface area contributed by atoms with Crippen LogP contribution in [0.1, 0.15) is 36.5 Å². The standard InChI is InChI=1S/C16H19ClN2/c1-11(2)14-6-4-13(5-7-14)10-18-15-8-12(3)9-19-16(15)17/h4-9,11,18H,10H2,1-3H3. The molecule has 2 aromatic rings. The zero-order valence-corrected chi connectivity index (χ0v) is 12.3. The van der Waals surface area contributed by atoms with Crippen LogP contribution in [-0.2, 0) is 6.54 Å². The molecule has 0 fully saturated rings. The van der Waals surface area contributed by atoms with Crippen LogP contribution in [0.25, 0.3) is 0 Å². The van der Waals surface area contributed by atoms with Crippen molar-refractivity contribution in [3.05, 3.63) is 58.4 Å². The number of aromatic nitrogens is 1. The van der Waals surface area contributed by atoms with E-state index in [9.17, 15) is 0 Å².